The molecule has 110 valence electrons. The van der Waals surface area contributed by atoms with Gasteiger partial charge in [-0.1, -0.05) is 23.7 Å². The second kappa shape index (κ2) is 5.65. The monoisotopic (exact) mass is 318 g/mol. The molecular formula is C15H9ClF2N4. The molecule has 0 radical (unpaired) electrons. The van der Waals surface area contributed by atoms with Crippen molar-refractivity contribution in [2.24, 2.45) is 0 Å². The Balaban J connectivity index is 2.25. The van der Waals surface area contributed by atoms with Gasteiger partial charge in [-0.15, -0.1) is 10.2 Å². The van der Waals surface area contributed by atoms with Gasteiger partial charge in [0.25, 0.3) is 0 Å². The van der Waals surface area contributed by atoms with Crippen LogP contribution in [0.1, 0.15) is 0 Å². The molecule has 2 N–H and O–H groups in total. The van der Waals surface area contributed by atoms with Crippen LogP contribution in [0.5, 0.6) is 0 Å². The first-order valence-electron chi connectivity index (χ1n) is 6.26. The van der Waals surface area contributed by atoms with Crippen molar-refractivity contribution in [1.82, 2.24) is 15.2 Å². The third-order valence-corrected chi connectivity index (χ3v) is 3.22. The summed E-state index contributed by atoms with van der Waals surface area (Å²) in [5.41, 5.74) is 6.71. The maximum atomic E-state index is 14.0. The zero-order chi connectivity index (χ0) is 15.7. The Morgan fingerprint density at radius 1 is 0.955 bits per heavy atom. The summed E-state index contributed by atoms with van der Waals surface area (Å²) < 4.78 is 27.1. The third-order valence-electron chi connectivity index (χ3n) is 2.99. The maximum Gasteiger partial charge on any atom is 0.240 e. The third kappa shape index (κ3) is 2.73. The number of nitrogen functional groups attached to an aromatic ring is 1. The largest absolute Gasteiger partial charge is 0.366 e. The molecule has 0 unspecified atom stereocenters. The summed E-state index contributed by atoms with van der Waals surface area (Å²) >= 11 is 5.96. The topological polar surface area (TPSA) is 64.7 Å². The number of anilines is 1. The number of benzene rings is 2. The Kier molecular flexibility index (Phi) is 3.68. The molecule has 1 heterocycles. The molecule has 0 saturated carbocycles. The van der Waals surface area contributed by atoms with E-state index in [1.807, 2.05) is 0 Å². The van der Waals surface area contributed by atoms with Gasteiger partial charge in [-0.3, -0.25) is 0 Å². The van der Waals surface area contributed by atoms with Crippen LogP contribution in [0.2, 0.25) is 5.02 Å². The lowest BCUT2D eigenvalue weighted by Gasteiger charge is -2.09. The lowest BCUT2D eigenvalue weighted by molar-refractivity contribution is 0.585. The molecule has 0 saturated heterocycles. The van der Waals surface area contributed by atoms with E-state index in [1.54, 1.807) is 24.3 Å². The number of hydrogen-bond acceptors (Lipinski definition) is 4. The van der Waals surface area contributed by atoms with Crippen LogP contribution in [0.4, 0.5) is 14.7 Å². The van der Waals surface area contributed by atoms with Crippen molar-refractivity contribution in [2.45, 2.75) is 0 Å². The summed E-state index contributed by atoms with van der Waals surface area (Å²) in [5.74, 6) is -1.55. The predicted octanol–water partition coefficient (Wildman–Crippen LogP) is 3.72. The summed E-state index contributed by atoms with van der Waals surface area (Å²) in [6.45, 7) is 0. The van der Waals surface area contributed by atoms with Gasteiger partial charge in [-0.2, -0.15) is 0 Å². The zero-order valence-corrected chi connectivity index (χ0v) is 11.9. The van der Waals surface area contributed by atoms with Crippen molar-refractivity contribution >= 4 is 17.5 Å². The predicted molar refractivity (Wildman–Crippen MR) is 80.0 cm³/mol. The van der Waals surface area contributed by atoms with E-state index in [0.29, 0.717) is 16.3 Å². The average molecular weight is 319 g/mol. The summed E-state index contributed by atoms with van der Waals surface area (Å²) in [4.78, 5) is 4.04. The van der Waals surface area contributed by atoms with E-state index in [9.17, 15) is 8.78 Å². The number of halogens is 3. The molecule has 0 amide bonds. The smallest absolute Gasteiger partial charge is 0.240 e. The van der Waals surface area contributed by atoms with Crippen molar-refractivity contribution in [3.05, 3.63) is 59.1 Å². The quantitative estimate of drug-likeness (QED) is 0.782. The summed E-state index contributed by atoms with van der Waals surface area (Å²) in [6, 6.07) is 9.99. The average Bonchev–Trinajstić information content (AvgIpc) is 2.47. The standard InChI is InChI=1S/C15H9ClF2N4/c16-9-3-1-2-8(6-9)13-14(20-15(19)22-21-13)11-5-4-10(17)7-12(11)18/h1-7H,(H2,19,20,22). The molecule has 1 aromatic heterocycles. The van der Waals surface area contributed by atoms with Crippen LogP contribution in [0, 0.1) is 11.6 Å². The Hall–Kier alpha value is -2.60. The summed E-state index contributed by atoms with van der Waals surface area (Å²) in [6.07, 6.45) is 0. The molecule has 0 spiro atoms. The second-order valence-electron chi connectivity index (χ2n) is 4.50. The fraction of sp³-hybridized carbons (Fsp3) is 0. The van der Waals surface area contributed by atoms with Crippen molar-refractivity contribution in [2.75, 3.05) is 5.73 Å². The molecule has 0 fully saturated rings. The van der Waals surface area contributed by atoms with Crippen molar-refractivity contribution in [3.63, 3.8) is 0 Å². The first-order chi connectivity index (χ1) is 10.5. The highest BCUT2D eigenvalue weighted by molar-refractivity contribution is 6.30. The molecule has 0 aliphatic carbocycles. The van der Waals surface area contributed by atoms with Gasteiger partial charge >= 0.3 is 0 Å². The van der Waals surface area contributed by atoms with Crippen LogP contribution >= 0.6 is 11.6 Å². The van der Waals surface area contributed by atoms with Crippen LogP contribution in [-0.4, -0.2) is 15.2 Å². The van der Waals surface area contributed by atoms with Gasteiger partial charge in [0.1, 0.15) is 23.0 Å². The molecule has 3 aromatic rings. The highest BCUT2D eigenvalue weighted by atomic mass is 35.5. The first kappa shape index (κ1) is 14.3. The molecule has 0 aliphatic rings. The molecule has 0 atom stereocenters. The minimum absolute atomic E-state index is 0.0815. The molecule has 4 nitrogen and oxygen atoms in total. The lowest BCUT2D eigenvalue weighted by Crippen LogP contribution is -2.03. The van der Waals surface area contributed by atoms with E-state index in [0.717, 1.165) is 12.1 Å². The van der Waals surface area contributed by atoms with Crippen molar-refractivity contribution < 1.29 is 8.78 Å². The van der Waals surface area contributed by atoms with E-state index < -0.39 is 11.6 Å². The number of hydrogen-bond donors (Lipinski definition) is 1. The number of rotatable bonds is 2. The van der Waals surface area contributed by atoms with Crippen molar-refractivity contribution in [3.8, 4) is 22.5 Å². The molecule has 3 rings (SSSR count). The molecule has 0 bridgehead atoms. The van der Waals surface area contributed by atoms with Gasteiger partial charge in [0, 0.05) is 22.2 Å². The first-order valence-corrected chi connectivity index (χ1v) is 6.64. The van der Waals surface area contributed by atoms with E-state index in [4.69, 9.17) is 17.3 Å². The van der Waals surface area contributed by atoms with Gasteiger partial charge in [0.05, 0.1) is 0 Å². The molecular weight excluding hydrogens is 310 g/mol. The van der Waals surface area contributed by atoms with Gasteiger partial charge < -0.3 is 5.73 Å². The number of nitrogens with zero attached hydrogens (tertiary/aromatic N) is 3. The summed E-state index contributed by atoms with van der Waals surface area (Å²) in [7, 11) is 0. The normalized spacial score (nSPS) is 10.7. The van der Waals surface area contributed by atoms with Crippen LogP contribution in [-0.2, 0) is 0 Å². The van der Waals surface area contributed by atoms with Gasteiger partial charge in [0.2, 0.25) is 5.95 Å². The second-order valence-corrected chi connectivity index (χ2v) is 4.94. The fourth-order valence-electron chi connectivity index (χ4n) is 2.04. The number of nitrogens with two attached hydrogens (primary N) is 1. The number of aromatic nitrogens is 3. The summed E-state index contributed by atoms with van der Waals surface area (Å²) in [5, 5.41) is 8.16. The van der Waals surface area contributed by atoms with E-state index in [1.165, 1.54) is 6.07 Å². The fourth-order valence-corrected chi connectivity index (χ4v) is 2.23. The molecule has 7 heteroatoms. The SMILES string of the molecule is Nc1nnc(-c2cccc(Cl)c2)c(-c2ccc(F)cc2F)n1. The van der Waals surface area contributed by atoms with Crippen molar-refractivity contribution in [1.29, 1.82) is 0 Å². The highest BCUT2D eigenvalue weighted by Crippen LogP contribution is 2.31. The molecule has 0 aliphatic heterocycles. The van der Waals surface area contributed by atoms with Crippen LogP contribution in [0.15, 0.2) is 42.5 Å². The van der Waals surface area contributed by atoms with Crippen LogP contribution in [0.3, 0.4) is 0 Å². The Labute approximate surface area is 129 Å². The van der Waals surface area contributed by atoms with Gasteiger partial charge in [-0.25, -0.2) is 13.8 Å². The van der Waals surface area contributed by atoms with Crippen LogP contribution in [0.25, 0.3) is 22.5 Å². The molecule has 22 heavy (non-hydrogen) atoms. The van der Waals surface area contributed by atoms with E-state index in [-0.39, 0.29) is 17.2 Å². The minimum Gasteiger partial charge on any atom is -0.366 e. The Morgan fingerprint density at radius 2 is 1.77 bits per heavy atom. The lowest BCUT2D eigenvalue weighted by atomic mass is 10.0. The zero-order valence-electron chi connectivity index (χ0n) is 11.1. The Morgan fingerprint density at radius 3 is 2.50 bits per heavy atom. The van der Waals surface area contributed by atoms with Gasteiger partial charge in [-0.05, 0) is 24.3 Å². The Bertz CT molecular complexity index is 855. The highest BCUT2D eigenvalue weighted by Gasteiger charge is 2.16. The van der Waals surface area contributed by atoms with E-state index >= 15 is 0 Å². The maximum absolute atomic E-state index is 14.0. The minimum atomic E-state index is -0.761. The van der Waals surface area contributed by atoms with Gasteiger partial charge in [0.15, 0.2) is 0 Å². The van der Waals surface area contributed by atoms with E-state index in [2.05, 4.69) is 15.2 Å². The molecule has 2 aromatic carbocycles. The van der Waals surface area contributed by atoms with Crippen LogP contribution < -0.4 is 5.73 Å².